The van der Waals surface area contributed by atoms with Gasteiger partial charge < -0.3 is 10.0 Å². The second-order valence-corrected chi connectivity index (χ2v) is 6.66. The van der Waals surface area contributed by atoms with Gasteiger partial charge in [0.05, 0.1) is 17.2 Å². The standard InChI is InChI=1S/C17H18ClN5O/c1-22-15-14(10-21-22)16(20-11-19-15)23-8-6-17(24,7-9-23)12-2-4-13(18)5-3-12/h2-5,10-11,24H,6-9H2,1H3. The molecule has 124 valence electrons. The number of benzene rings is 1. The van der Waals surface area contributed by atoms with Crippen LogP contribution in [0.4, 0.5) is 5.82 Å². The van der Waals surface area contributed by atoms with Gasteiger partial charge in [-0.2, -0.15) is 5.10 Å². The summed E-state index contributed by atoms with van der Waals surface area (Å²) in [6, 6.07) is 7.46. The molecule has 2 aromatic heterocycles. The van der Waals surface area contributed by atoms with Gasteiger partial charge in [-0.25, -0.2) is 9.97 Å². The molecule has 0 radical (unpaired) electrons. The largest absolute Gasteiger partial charge is 0.385 e. The zero-order valence-corrected chi connectivity index (χ0v) is 14.1. The van der Waals surface area contributed by atoms with E-state index in [1.54, 1.807) is 17.2 Å². The molecular formula is C17H18ClN5O. The Hall–Kier alpha value is -2.18. The van der Waals surface area contributed by atoms with Crippen molar-refractivity contribution in [1.29, 1.82) is 0 Å². The summed E-state index contributed by atoms with van der Waals surface area (Å²) in [6.07, 6.45) is 4.64. The Labute approximate surface area is 144 Å². The molecule has 0 atom stereocenters. The van der Waals surface area contributed by atoms with Crippen molar-refractivity contribution in [2.45, 2.75) is 18.4 Å². The maximum Gasteiger partial charge on any atom is 0.163 e. The van der Waals surface area contributed by atoms with Crippen LogP contribution in [0.25, 0.3) is 11.0 Å². The van der Waals surface area contributed by atoms with E-state index in [2.05, 4.69) is 20.0 Å². The van der Waals surface area contributed by atoms with Crippen molar-refractivity contribution in [3.63, 3.8) is 0 Å². The normalized spacial score (nSPS) is 17.4. The van der Waals surface area contributed by atoms with E-state index in [-0.39, 0.29) is 0 Å². The molecule has 0 saturated carbocycles. The molecule has 7 heteroatoms. The minimum atomic E-state index is -0.817. The monoisotopic (exact) mass is 343 g/mol. The molecular weight excluding hydrogens is 326 g/mol. The van der Waals surface area contributed by atoms with Gasteiger partial charge in [-0.05, 0) is 30.5 Å². The van der Waals surface area contributed by atoms with Gasteiger partial charge >= 0.3 is 0 Å². The number of hydrogen-bond acceptors (Lipinski definition) is 5. The third kappa shape index (κ3) is 2.52. The Kier molecular flexibility index (Phi) is 3.66. The Morgan fingerprint density at radius 2 is 1.83 bits per heavy atom. The minimum Gasteiger partial charge on any atom is -0.385 e. The number of aromatic nitrogens is 4. The quantitative estimate of drug-likeness (QED) is 0.774. The highest BCUT2D eigenvalue weighted by atomic mass is 35.5. The summed E-state index contributed by atoms with van der Waals surface area (Å²) in [4.78, 5) is 10.9. The fraction of sp³-hybridized carbons (Fsp3) is 0.353. The third-order valence-electron chi connectivity index (χ3n) is 4.78. The lowest BCUT2D eigenvalue weighted by Gasteiger charge is -2.39. The van der Waals surface area contributed by atoms with Crippen LogP contribution in [0.15, 0.2) is 36.8 Å². The summed E-state index contributed by atoms with van der Waals surface area (Å²) in [5, 5.41) is 16.9. The van der Waals surface area contributed by atoms with Crippen LogP contribution < -0.4 is 4.90 Å². The molecule has 0 unspecified atom stereocenters. The van der Waals surface area contributed by atoms with Crippen LogP contribution in [0.5, 0.6) is 0 Å². The summed E-state index contributed by atoms with van der Waals surface area (Å²) >= 11 is 5.94. The highest BCUT2D eigenvalue weighted by molar-refractivity contribution is 6.30. The van der Waals surface area contributed by atoms with E-state index in [9.17, 15) is 5.11 Å². The Morgan fingerprint density at radius 3 is 2.54 bits per heavy atom. The van der Waals surface area contributed by atoms with Crippen LogP contribution in [0.1, 0.15) is 18.4 Å². The van der Waals surface area contributed by atoms with Crippen LogP contribution in [0.3, 0.4) is 0 Å². The predicted molar refractivity (Wildman–Crippen MR) is 93.1 cm³/mol. The van der Waals surface area contributed by atoms with E-state index in [0.717, 1.165) is 35.5 Å². The molecule has 3 heterocycles. The van der Waals surface area contributed by atoms with Crippen molar-refractivity contribution in [3.8, 4) is 0 Å². The lowest BCUT2D eigenvalue weighted by Crippen LogP contribution is -2.43. The van der Waals surface area contributed by atoms with Crippen molar-refractivity contribution < 1.29 is 5.11 Å². The SMILES string of the molecule is Cn1ncc2c(N3CCC(O)(c4ccc(Cl)cc4)CC3)ncnc21. The van der Waals surface area contributed by atoms with Crippen molar-refractivity contribution in [2.24, 2.45) is 7.05 Å². The number of fused-ring (bicyclic) bond motifs is 1. The number of hydrogen-bond donors (Lipinski definition) is 1. The average Bonchev–Trinajstić information content (AvgIpc) is 2.98. The molecule has 0 amide bonds. The first-order valence-corrected chi connectivity index (χ1v) is 8.31. The molecule has 1 N–H and O–H groups in total. The molecule has 4 rings (SSSR count). The maximum absolute atomic E-state index is 11.0. The molecule has 0 bridgehead atoms. The van der Waals surface area contributed by atoms with Gasteiger partial charge in [-0.1, -0.05) is 23.7 Å². The second-order valence-electron chi connectivity index (χ2n) is 6.23. The average molecular weight is 344 g/mol. The van der Waals surface area contributed by atoms with Gasteiger partial charge in [0.25, 0.3) is 0 Å². The zero-order chi connectivity index (χ0) is 16.7. The molecule has 24 heavy (non-hydrogen) atoms. The van der Waals surface area contributed by atoms with Crippen molar-refractivity contribution in [3.05, 3.63) is 47.4 Å². The van der Waals surface area contributed by atoms with E-state index in [4.69, 9.17) is 11.6 Å². The number of nitrogens with zero attached hydrogens (tertiary/aromatic N) is 5. The lowest BCUT2D eigenvalue weighted by molar-refractivity contribution is 0.0117. The Bertz CT molecular complexity index is 868. The minimum absolute atomic E-state index is 0.639. The third-order valence-corrected chi connectivity index (χ3v) is 5.03. The Morgan fingerprint density at radius 1 is 1.12 bits per heavy atom. The van der Waals surface area contributed by atoms with Gasteiger partial charge in [-0.3, -0.25) is 4.68 Å². The van der Waals surface area contributed by atoms with Gasteiger partial charge in [0.15, 0.2) is 5.65 Å². The number of aryl methyl sites for hydroxylation is 1. The summed E-state index contributed by atoms with van der Waals surface area (Å²) in [5.74, 6) is 0.881. The van der Waals surface area contributed by atoms with E-state index in [1.165, 1.54) is 0 Å². The van der Waals surface area contributed by atoms with E-state index in [0.29, 0.717) is 17.9 Å². The van der Waals surface area contributed by atoms with Crippen LogP contribution in [0.2, 0.25) is 5.02 Å². The van der Waals surface area contributed by atoms with Crippen LogP contribution >= 0.6 is 11.6 Å². The fourth-order valence-electron chi connectivity index (χ4n) is 3.34. The molecule has 1 aromatic carbocycles. The van der Waals surface area contributed by atoms with Crippen molar-refractivity contribution >= 4 is 28.5 Å². The predicted octanol–water partition coefficient (Wildman–Crippen LogP) is 2.50. The maximum atomic E-state index is 11.0. The lowest BCUT2D eigenvalue weighted by atomic mass is 9.84. The zero-order valence-electron chi connectivity index (χ0n) is 13.4. The first-order valence-electron chi connectivity index (χ1n) is 7.93. The van der Waals surface area contributed by atoms with E-state index >= 15 is 0 Å². The number of rotatable bonds is 2. The van der Waals surface area contributed by atoms with Crippen LogP contribution in [-0.2, 0) is 12.6 Å². The topological polar surface area (TPSA) is 67.1 Å². The summed E-state index contributed by atoms with van der Waals surface area (Å²) in [7, 11) is 1.87. The van der Waals surface area contributed by atoms with Crippen molar-refractivity contribution in [1.82, 2.24) is 19.7 Å². The number of anilines is 1. The summed E-state index contributed by atoms with van der Waals surface area (Å²) in [6.45, 7) is 1.44. The summed E-state index contributed by atoms with van der Waals surface area (Å²) < 4.78 is 1.74. The molecule has 0 spiro atoms. The number of piperidine rings is 1. The van der Waals surface area contributed by atoms with Gasteiger partial charge in [0.1, 0.15) is 12.1 Å². The molecule has 0 aliphatic carbocycles. The highest BCUT2D eigenvalue weighted by Crippen LogP contribution is 2.35. The van der Waals surface area contributed by atoms with Crippen LogP contribution in [-0.4, -0.2) is 37.9 Å². The molecule has 1 saturated heterocycles. The first kappa shape index (κ1) is 15.4. The van der Waals surface area contributed by atoms with Gasteiger partial charge in [-0.15, -0.1) is 0 Å². The van der Waals surface area contributed by atoms with Gasteiger partial charge in [0, 0.05) is 25.2 Å². The Balaban J connectivity index is 1.58. The smallest absolute Gasteiger partial charge is 0.163 e. The van der Waals surface area contributed by atoms with E-state index < -0.39 is 5.60 Å². The van der Waals surface area contributed by atoms with Crippen LogP contribution in [0, 0.1) is 0 Å². The first-order chi connectivity index (χ1) is 11.6. The number of halogens is 1. The van der Waals surface area contributed by atoms with E-state index in [1.807, 2.05) is 31.3 Å². The molecule has 1 aliphatic rings. The molecule has 3 aromatic rings. The molecule has 1 fully saturated rings. The number of aliphatic hydroxyl groups is 1. The fourth-order valence-corrected chi connectivity index (χ4v) is 3.46. The second kappa shape index (κ2) is 5.72. The molecule has 1 aliphatic heterocycles. The molecule has 6 nitrogen and oxygen atoms in total. The van der Waals surface area contributed by atoms with Crippen molar-refractivity contribution in [2.75, 3.05) is 18.0 Å². The highest BCUT2D eigenvalue weighted by Gasteiger charge is 2.34. The summed E-state index contributed by atoms with van der Waals surface area (Å²) in [5.41, 5.74) is 0.918. The van der Waals surface area contributed by atoms with Gasteiger partial charge in [0.2, 0.25) is 0 Å².